The third-order valence-electron chi connectivity index (χ3n) is 4.27. The second kappa shape index (κ2) is 4.64. The Kier molecular flexibility index (Phi) is 3.18. The Morgan fingerprint density at radius 1 is 0.900 bits per heavy atom. The highest BCUT2D eigenvalue weighted by Crippen LogP contribution is 2.62. The lowest BCUT2D eigenvalue weighted by Gasteiger charge is -2.51. The molecule has 4 aliphatic rings. The van der Waals surface area contributed by atoms with Gasteiger partial charge in [0.05, 0.1) is 25.4 Å². The Hall–Kier alpha value is -1.26. The average Bonchev–Trinajstić information content (AvgIpc) is 2.50. The molecule has 0 saturated heterocycles. The smallest absolute Gasteiger partial charge is 0.334 e. The molecule has 0 saturated carbocycles. The third kappa shape index (κ3) is 1.55. The van der Waals surface area contributed by atoms with Crippen LogP contribution in [0.2, 0.25) is 0 Å². The molecule has 2 bridgehead atoms. The van der Waals surface area contributed by atoms with Gasteiger partial charge >= 0.3 is 11.9 Å². The number of carbonyl (C=O) groups excluding carboxylic acids is 2. The summed E-state index contributed by atoms with van der Waals surface area (Å²) in [7, 11) is 2.58. The third-order valence-corrected chi connectivity index (χ3v) is 5.28. The standard InChI is InChI=1S/C14H12Cl2O4/c1-19-13(17)9-5-3-4-6(10(9)14(18)20-2)8-7(5)11(15)12(8)16/h3-8H,1-2H3/t5-,6-,7-,8+/m0/s1. The van der Waals surface area contributed by atoms with Gasteiger partial charge in [-0.1, -0.05) is 35.4 Å². The Bertz CT molecular complexity index is 552. The van der Waals surface area contributed by atoms with Crippen molar-refractivity contribution in [1.82, 2.24) is 0 Å². The number of allylic oxidation sites excluding steroid dienone is 4. The van der Waals surface area contributed by atoms with Gasteiger partial charge in [0.2, 0.25) is 0 Å². The minimum atomic E-state index is -0.518. The second-order valence-electron chi connectivity index (χ2n) is 4.99. The molecule has 0 fully saturated rings. The fourth-order valence-corrected chi connectivity index (χ4v) is 4.20. The van der Waals surface area contributed by atoms with Crippen LogP contribution in [0.4, 0.5) is 0 Å². The number of hydrogen-bond donors (Lipinski definition) is 0. The van der Waals surface area contributed by atoms with Crippen molar-refractivity contribution in [2.24, 2.45) is 23.7 Å². The first-order valence-corrected chi connectivity index (χ1v) is 6.92. The van der Waals surface area contributed by atoms with Crippen molar-refractivity contribution >= 4 is 35.1 Å². The number of carbonyl (C=O) groups is 2. The molecule has 4 atom stereocenters. The topological polar surface area (TPSA) is 52.6 Å². The highest BCUT2D eigenvalue weighted by Gasteiger charge is 2.57. The fraction of sp³-hybridized carbons (Fsp3) is 0.429. The normalized spacial score (nSPS) is 33.8. The Balaban J connectivity index is 2.13. The van der Waals surface area contributed by atoms with Crippen LogP contribution in [-0.4, -0.2) is 26.2 Å². The zero-order valence-electron chi connectivity index (χ0n) is 10.9. The van der Waals surface area contributed by atoms with Crippen molar-refractivity contribution in [1.29, 1.82) is 0 Å². The summed E-state index contributed by atoms with van der Waals surface area (Å²) in [5, 5.41) is 1.14. The van der Waals surface area contributed by atoms with E-state index in [1.54, 1.807) is 0 Å². The number of halogens is 2. The summed E-state index contributed by atoms with van der Waals surface area (Å²) in [4.78, 5) is 24.1. The molecule has 0 spiro atoms. The van der Waals surface area contributed by atoms with E-state index in [-0.39, 0.29) is 23.7 Å². The Labute approximate surface area is 126 Å². The zero-order chi connectivity index (χ0) is 14.6. The van der Waals surface area contributed by atoms with E-state index in [1.165, 1.54) is 14.2 Å². The maximum absolute atomic E-state index is 12.0. The van der Waals surface area contributed by atoms with Crippen LogP contribution < -0.4 is 0 Å². The maximum atomic E-state index is 12.0. The van der Waals surface area contributed by atoms with Crippen LogP contribution in [0.25, 0.3) is 0 Å². The van der Waals surface area contributed by atoms with Crippen LogP contribution in [0.3, 0.4) is 0 Å². The van der Waals surface area contributed by atoms with Gasteiger partial charge in [-0.2, -0.15) is 0 Å². The highest BCUT2D eigenvalue weighted by molar-refractivity contribution is 6.41. The Morgan fingerprint density at radius 3 is 1.55 bits per heavy atom. The van der Waals surface area contributed by atoms with E-state index >= 15 is 0 Å². The van der Waals surface area contributed by atoms with E-state index in [9.17, 15) is 9.59 Å². The second-order valence-corrected chi connectivity index (χ2v) is 5.81. The van der Waals surface area contributed by atoms with Gasteiger partial charge in [-0.15, -0.1) is 0 Å². The van der Waals surface area contributed by atoms with Crippen molar-refractivity contribution in [3.63, 3.8) is 0 Å². The summed E-state index contributed by atoms with van der Waals surface area (Å²) in [6.07, 6.45) is 3.80. The molecule has 0 unspecified atom stereocenters. The molecule has 0 aromatic carbocycles. The number of ether oxygens (including phenoxy) is 2. The van der Waals surface area contributed by atoms with Gasteiger partial charge in [-0.3, -0.25) is 0 Å². The molecular weight excluding hydrogens is 303 g/mol. The van der Waals surface area contributed by atoms with E-state index in [0.29, 0.717) is 21.2 Å². The average molecular weight is 315 g/mol. The molecule has 0 amide bonds. The van der Waals surface area contributed by atoms with Crippen molar-refractivity contribution in [3.8, 4) is 0 Å². The first-order chi connectivity index (χ1) is 9.52. The number of rotatable bonds is 2. The van der Waals surface area contributed by atoms with Crippen LogP contribution in [0.1, 0.15) is 0 Å². The summed E-state index contributed by atoms with van der Waals surface area (Å²) in [6.45, 7) is 0. The van der Waals surface area contributed by atoms with Crippen molar-refractivity contribution < 1.29 is 19.1 Å². The lowest BCUT2D eigenvalue weighted by atomic mass is 9.55. The number of esters is 2. The van der Waals surface area contributed by atoms with Crippen molar-refractivity contribution in [3.05, 3.63) is 33.4 Å². The largest absolute Gasteiger partial charge is 0.466 e. The first kappa shape index (κ1) is 13.7. The van der Waals surface area contributed by atoms with Gasteiger partial charge in [-0.05, 0) is 0 Å². The Morgan fingerprint density at radius 2 is 1.25 bits per heavy atom. The van der Waals surface area contributed by atoms with Crippen LogP contribution in [0, 0.1) is 23.7 Å². The van der Waals surface area contributed by atoms with Crippen LogP contribution >= 0.6 is 23.2 Å². The van der Waals surface area contributed by atoms with Gasteiger partial charge in [0.25, 0.3) is 0 Å². The molecule has 4 aliphatic carbocycles. The summed E-state index contributed by atoms with van der Waals surface area (Å²) < 4.78 is 9.61. The summed E-state index contributed by atoms with van der Waals surface area (Å²) in [5.41, 5.74) is 0.686. The van der Waals surface area contributed by atoms with Crippen LogP contribution in [-0.2, 0) is 19.1 Å². The molecule has 0 aromatic rings. The zero-order valence-corrected chi connectivity index (χ0v) is 12.4. The molecule has 4 rings (SSSR count). The van der Waals surface area contributed by atoms with Crippen molar-refractivity contribution in [2.75, 3.05) is 14.2 Å². The van der Waals surface area contributed by atoms with E-state index < -0.39 is 11.9 Å². The number of hydrogen-bond acceptors (Lipinski definition) is 4. The van der Waals surface area contributed by atoms with E-state index in [4.69, 9.17) is 32.7 Å². The lowest BCUT2D eigenvalue weighted by molar-refractivity contribution is -0.141. The van der Waals surface area contributed by atoms with Gasteiger partial charge in [0, 0.05) is 33.7 Å². The first-order valence-electron chi connectivity index (χ1n) is 6.17. The monoisotopic (exact) mass is 314 g/mol. The minimum absolute atomic E-state index is 0.0401. The molecule has 0 radical (unpaired) electrons. The molecule has 20 heavy (non-hydrogen) atoms. The van der Waals surface area contributed by atoms with Gasteiger partial charge < -0.3 is 9.47 Å². The van der Waals surface area contributed by atoms with Gasteiger partial charge in [0.1, 0.15) is 0 Å². The van der Waals surface area contributed by atoms with Crippen molar-refractivity contribution in [2.45, 2.75) is 0 Å². The molecular formula is C14H12Cl2O4. The minimum Gasteiger partial charge on any atom is -0.466 e. The fourth-order valence-electron chi connectivity index (χ4n) is 3.40. The van der Waals surface area contributed by atoms with Crippen LogP contribution in [0.15, 0.2) is 33.4 Å². The quantitative estimate of drug-likeness (QED) is 0.580. The van der Waals surface area contributed by atoms with E-state index in [2.05, 4.69) is 0 Å². The molecule has 6 heteroatoms. The summed E-state index contributed by atoms with van der Waals surface area (Å²) in [5.74, 6) is -1.67. The molecule has 0 aromatic heterocycles. The molecule has 0 heterocycles. The summed E-state index contributed by atoms with van der Waals surface area (Å²) >= 11 is 12.3. The maximum Gasteiger partial charge on any atom is 0.334 e. The van der Waals surface area contributed by atoms with E-state index in [1.807, 2.05) is 12.2 Å². The van der Waals surface area contributed by atoms with E-state index in [0.717, 1.165) is 0 Å². The van der Waals surface area contributed by atoms with Gasteiger partial charge in [-0.25, -0.2) is 9.59 Å². The van der Waals surface area contributed by atoms with Gasteiger partial charge in [0.15, 0.2) is 0 Å². The molecule has 4 nitrogen and oxygen atoms in total. The SMILES string of the molecule is COC(=O)C1=C(C(=O)OC)[C@H]2C=C[C@H]1[C@@H]1C(Cl)=C(Cl)[C@@H]12. The predicted octanol–water partition coefficient (Wildman–Crippen LogP) is 2.38. The lowest BCUT2D eigenvalue weighted by Crippen LogP contribution is -2.48. The van der Waals surface area contributed by atoms with Crippen LogP contribution in [0.5, 0.6) is 0 Å². The molecule has 0 N–H and O–H groups in total. The predicted molar refractivity (Wildman–Crippen MR) is 72.9 cm³/mol. The highest BCUT2D eigenvalue weighted by atomic mass is 35.5. The molecule has 0 aliphatic heterocycles. The molecule has 106 valence electrons. The number of methoxy groups -OCH3 is 2. The summed E-state index contributed by atoms with van der Waals surface area (Å²) in [6, 6.07) is 0.